The molecule has 12 nitrogen and oxygen atoms in total. The first-order valence-electron chi connectivity index (χ1n) is 9.32. The average molecular weight is 419 g/mol. The Bertz CT molecular complexity index is 1120. The highest BCUT2D eigenvalue weighted by Crippen LogP contribution is 2.32. The number of hydrogen-bond acceptors (Lipinski definition) is 8. The molecule has 30 heavy (non-hydrogen) atoms. The fourth-order valence-electron chi connectivity index (χ4n) is 3.47. The van der Waals surface area contributed by atoms with E-state index < -0.39 is 16.0 Å². The Balaban J connectivity index is 1.78. The summed E-state index contributed by atoms with van der Waals surface area (Å²) < 4.78 is 4.55. The number of nitro groups is 1. The zero-order valence-corrected chi connectivity index (χ0v) is 16.3. The van der Waals surface area contributed by atoms with Gasteiger partial charge in [0.05, 0.1) is 29.6 Å². The van der Waals surface area contributed by atoms with Crippen LogP contribution in [0.1, 0.15) is 24.0 Å². The van der Waals surface area contributed by atoms with Crippen molar-refractivity contribution in [1.29, 1.82) is 0 Å². The molecule has 160 valence electrons. The molecule has 0 unspecified atom stereocenters. The predicted molar refractivity (Wildman–Crippen MR) is 105 cm³/mol. The summed E-state index contributed by atoms with van der Waals surface area (Å²) in [5, 5.41) is 14.4. The number of carbonyl (C=O) groups is 2. The van der Waals surface area contributed by atoms with E-state index in [2.05, 4.69) is 20.0 Å². The Labute approximate surface area is 169 Å². The first-order chi connectivity index (χ1) is 14.3. The van der Waals surface area contributed by atoms with Gasteiger partial charge in [0.25, 0.3) is 5.69 Å². The number of ether oxygens (including phenoxy) is 1. The summed E-state index contributed by atoms with van der Waals surface area (Å²) in [6.45, 7) is 0.846. The molecule has 12 heteroatoms. The second kappa shape index (κ2) is 8.86. The van der Waals surface area contributed by atoms with Crippen molar-refractivity contribution >= 4 is 28.6 Å². The van der Waals surface area contributed by atoms with Gasteiger partial charge in [-0.2, -0.15) is 0 Å². The molecule has 1 aliphatic rings. The van der Waals surface area contributed by atoms with Gasteiger partial charge in [-0.15, -0.1) is 0 Å². The van der Waals surface area contributed by atoms with Gasteiger partial charge in [-0.05, 0) is 19.4 Å². The molecule has 1 aliphatic heterocycles. The highest BCUT2D eigenvalue weighted by molar-refractivity contribution is 5.85. The molecule has 2 heterocycles. The average Bonchev–Trinajstić information content (AvgIpc) is 2.73. The molecule has 0 saturated carbocycles. The van der Waals surface area contributed by atoms with Gasteiger partial charge < -0.3 is 24.9 Å². The Morgan fingerprint density at radius 3 is 2.70 bits per heavy atom. The van der Waals surface area contributed by atoms with E-state index in [0.717, 1.165) is 0 Å². The number of methoxy groups -OCH3 is 1. The van der Waals surface area contributed by atoms with Gasteiger partial charge in [0, 0.05) is 36.7 Å². The molecule has 2 aromatic rings. The maximum absolute atomic E-state index is 12.5. The summed E-state index contributed by atoms with van der Waals surface area (Å²) in [6.07, 6.45) is 1.01. The van der Waals surface area contributed by atoms with Gasteiger partial charge in [-0.3, -0.25) is 29.3 Å². The van der Waals surface area contributed by atoms with Crippen LogP contribution in [0.25, 0.3) is 11.0 Å². The number of fused-ring (bicyclic) bond motifs is 3. The number of aromatic amines is 2. The minimum Gasteiger partial charge on any atom is -0.469 e. The van der Waals surface area contributed by atoms with Crippen LogP contribution in [0.4, 0.5) is 5.69 Å². The van der Waals surface area contributed by atoms with E-state index >= 15 is 0 Å². The minimum absolute atomic E-state index is 0.0384. The van der Waals surface area contributed by atoms with Crippen molar-refractivity contribution in [3.63, 3.8) is 0 Å². The van der Waals surface area contributed by atoms with Gasteiger partial charge >= 0.3 is 17.1 Å². The predicted octanol–water partition coefficient (Wildman–Crippen LogP) is -0.448. The Kier molecular flexibility index (Phi) is 6.26. The van der Waals surface area contributed by atoms with Crippen LogP contribution >= 0.6 is 0 Å². The first-order valence-corrected chi connectivity index (χ1v) is 9.32. The third kappa shape index (κ3) is 4.38. The summed E-state index contributed by atoms with van der Waals surface area (Å²) in [7, 11) is 1.31. The van der Waals surface area contributed by atoms with E-state index in [1.807, 2.05) is 0 Å². The molecular weight excluding hydrogens is 398 g/mol. The smallest absolute Gasteiger partial charge is 0.314 e. The summed E-state index contributed by atoms with van der Waals surface area (Å²) >= 11 is 0. The van der Waals surface area contributed by atoms with Crippen LogP contribution in [0.5, 0.6) is 0 Å². The zero-order valence-electron chi connectivity index (χ0n) is 16.3. The van der Waals surface area contributed by atoms with E-state index in [-0.39, 0.29) is 61.1 Å². The van der Waals surface area contributed by atoms with E-state index in [1.165, 1.54) is 18.1 Å². The lowest BCUT2D eigenvalue weighted by Gasteiger charge is -2.29. The number of hydrogen-bond donors (Lipinski definition) is 3. The van der Waals surface area contributed by atoms with Crippen LogP contribution in [-0.2, 0) is 27.3 Å². The first kappa shape index (κ1) is 21.2. The monoisotopic (exact) mass is 419 g/mol. The van der Waals surface area contributed by atoms with Crippen molar-refractivity contribution < 1.29 is 19.2 Å². The molecular formula is C18H21N5O7. The van der Waals surface area contributed by atoms with Crippen LogP contribution < -0.4 is 16.4 Å². The highest BCUT2D eigenvalue weighted by Gasteiger charge is 2.29. The molecule has 0 radical (unpaired) electrons. The van der Waals surface area contributed by atoms with Crippen molar-refractivity contribution in [3.05, 3.63) is 48.0 Å². The molecule has 3 rings (SSSR count). The fourth-order valence-corrected chi connectivity index (χ4v) is 3.47. The molecule has 3 N–H and O–H groups in total. The number of esters is 1. The Morgan fingerprint density at radius 2 is 2.00 bits per heavy atom. The summed E-state index contributed by atoms with van der Waals surface area (Å²) in [5.41, 5.74) is -0.633. The SMILES string of the molecule is COC(=O)CCCNCC(=O)N1CCc2c([N+](=O)[O-])cc3[nH]c(=O)c(=O)[nH]c3c2C1. The number of amides is 1. The number of aromatic nitrogens is 2. The van der Waals surface area contributed by atoms with Crippen LogP contribution in [0.15, 0.2) is 15.7 Å². The number of carbonyl (C=O) groups excluding carboxylic acids is 2. The molecule has 0 fully saturated rings. The molecule has 0 bridgehead atoms. The number of benzene rings is 1. The van der Waals surface area contributed by atoms with Gasteiger partial charge in [-0.1, -0.05) is 0 Å². The summed E-state index contributed by atoms with van der Waals surface area (Å²) in [5.74, 6) is -0.540. The lowest BCUT2D eigenvalue weighted by Crippen LogP contribution is -2.42. The fraction of sp³-hybridized carbons (Fsp3) is 0.444. The topological polar surface area (TPSA) is 167 Å². The van der Waals surface area contributed by atoms with Crippen molar-refractivity contribution in [2.24, 2.45) is 0 Å². The van der Waals surface area contributed by atoms with E-state index in [9.17, 15) is 29.3 Å². The number of rotatable bonds is 7. The lowest BCUT2D eigenvalue weighted by molar-refractivity contribution is -0.385. The van der Waals surface area contributed by atoms with E-state index in [1.54, 1.807) is 0 Å². The van der Waals surface area contributed by atoms with Crippen LogP contribution in [-0.4, -0.2) is 58.4 Å². The standard InChI is InChI=1S/C18H21N5O7/c1-30-15(25)3-2-5-19-8-14(24)22-6-4-10-11(9-22)16-12(7-13(10)23(28)29)20-17(26)18(27)21-16/h7,19H,2-6,8-9H2,1H3,(H,20,26)(H,21,27). The van der Waals surface area contributed by atoms with Gasteiger partial charge in [0.15, 0.2) is 0 Å². The van der Waals surface area contributed by atoms with Crippen molar-refractivity contribution in [2.45, 2.75) is 25.8 Å². The maximum Gasteiger partial charge on any atom is 0.314 e. The summed E-state index contributed by atoms with van der Waals surface area (Å²) in [6, 6.07) is 1.23. The molecule has 0 saturated heterocycles. The number of nitrogens with zero attached hydrogens (tertiary/aromatic N) is 2. The lowest BCUT2D eigenvalue weighted by atomic mass is 9.96. The quantitative estimate of drug-likeness (QED) is 0.178. The summed E-state index contributed by atoms with van der Waals surface area (Å²) in [4.78, 5) is 64.3. The second-order valence-electron chi connectivity index (χ2n) is 6.86. The number of nitrogens with one attached hydrogen (secondary N) is 3. The van der Waals surface area contributed by atoms with E-state index in [0.29, 0.717) is 24.1 Å². The van der Waals surface area contributed by atoms with E-state index in [4.69, 9.17) is 0 Å². The third-order valence-corrected chi connectivity index (χ3v) is 4.99. The normalized spacial score (nSPS) is 13.2. The Morgan fingerprint density at radius 1 is 1.27 bits per heavy atom. The zero-order chi connectivity index (χ0) is 21.8. The minimum atomic E-state index is -0.906. The number of H-pyrrole nitrogens is 2. The van der Waals surface area contributed by atoms with Gasteiger partial charge in [0.2, 0.25) is 5.91 Å². The Hall–Kier alpha value is -3.54. The maximum atomic E-state index is 12.5. The second-order valence-corrected chi connectivity index (χ2v) is 6.86. The van der Waals surface area contributed by atoms with Crippen LogP contribution in [0, 0.1) is 10.1 Å². The number of nitro benzene ring substituents is 1. The van der Waals surface area contributed by atoms with Crippen molar-refractivity contribution in [3.8, 4) is 0 Å². The molecule has 0 atom stereocenters. The molecule has 1 amide bonds. The largest absolute Gasteiger partial charge is 0.469 e. The molecule has 1 aromatic carbocycles. The van der Waals surface area contributed by atoms with Crippen molar-refractivity contribution in [1.82, 2.24) is 20.2 Å². The van der Waals surface area contributed by atoms with Crippen LogP contribution in [0.2, 0.25) is 0 Å². The van der Waals surface area contributed by atoms with Gasteiger partial charge in [0.1, 0.15) is 0 Å². The van der Waals surface area contributed by atoms with Gasteiger partial charge in [-0.25, -0.2) is 0 Å². The molecule has 0 aliphatic carbocycles. The van der Waals surface area contributed by atoms with Crippen LogP contribution in [0.3, 0.4) is 0 Å². The highest BCUT2D eigenvalue weighted by atomic mass is 16.6. The van der Waals surface area contributed by atoms with Crippen molar-refractivity contribution in [2.75, 3.05) is 26.7 Å². The third-order valence-electron chi connectivity index (χ3n) is 4.99. The molecule has 0 spiro atoms. The molecule has 1 aromatic heterocycles.